The van der Waals surface area contributed by atoms with E-state index in [1.54, 1.807) is 21.7 Å². The number of hydrogen-bond acceptors (Lipinski definition) is 2. The van der Waals surface area contributed by atoms with Gasteiger partial charge in [-0.15, -0.1) is 0 Å². The summed E-state index contributed by atoms with van der Waals surface area (Å²) in [5.74, 6) is -0.120. The summed E-state index contributed by atoms with van der Waals surface area (Å²) in [6.45, 7) is 2.90. The molecule has 0 aliphatic heterocycles. The van der Waals surface area contributed by atoms with Gasteiger partial charge in [-0.2, -0.15) is 0 Å². The van der Waals surface area contributed by atoms with Crippen molar-refractivity contribution in [2.75, 3.05) is 11.4 Å². The number of carbonyl (C=O) groups is 1. The first-order valence-electron chi connectivity index (χ1n) is 9.71. The van der Waals surface area contributed by atoms with Crippen LogP contribution in [-0.2, 0) is 6.54 Å². The van der Waals surface area contributed by atoms with Gasteiger partial charge in [0, 0.05) is 24.5 Å². The molecule has 4 heteroatoms. The molecular formula is C25H22N2O2. The normalized spacial score (nSPS) is 10.8. The summed E-state index contributed by atoms with van der Waals surface area (Å²) in [5, 5.41) is 2.24. The fourth-order valence-corrected chi connectivity index (χ4v) is 3.60. The van der Waals surface area contributed by atoms with Crippen molar-refractivity contribution in [3.05, 3.63) is 113 Å². The number of para-hydroxylation sites is 1. The van der Waals surface area contributed by atoms with Crippen LogP contribution in [0.2, 0.25) is 0 Å². The highest BCUT2D eigenvalue weighted by Gasteiger charge is 2.17. The van der Waals surface area contributed by atoms with Gasteiger partial charge in [0.2, 0.25) is 0 Å². The standard InChI is InChI=1S/C25H22N2O2/c1-2-27(22-12-4-3-5-13-22)25(29)21-15-16-24(28)26(18-21)17-20-11-8-10-19-9-6-7-14-23(19)20/h3-16,18H,2,17H2,1H3. The summed E-state index contributed by atoms with van der Waals surface area (Å²) in [6, 6.07) is 26.8. The van der Waals surface area contributed by atoms with Crippen LogP contribution in [0.3, 0.4) is 0 Å². The van der Waals surface area contributed by atoms with Crippen molar-refractivity contribution in [2.24, 2.45) is 0 Å². The molecule has 144 valence electrons. The summed E-state index contributed by atoms with van der Waals surface area (Å²) < 4.78 is 1.60. The Morgan fingerprint density at radius 2 is 1.59 bits per heavy atom. The van der Waals surface area contributed by atoms with Crippen LogP contribution in [0.1, 0.15) is 22.8 Å². The van der Waals surface area contributed by atoms with E-state index in [1.165, 1.54) is 6.07 Å². The third kappa shape index (κ3) is 3.83. The molecule has 0 unspecified atom stereocenters. The third-order valence-corrected chi connectivity index (χ3v) is 5.08. The van der Waals surface area contributed by atoms with E-state index in [2.05, 4.69) is 18.2 Å². The number of carbonyl (C=O) groups excluding carboxylic acids is 1. The van der Waals surface area contributed by atoms with Gasteiger partial charge in [-0.25, -0.2) is 0 Å². The summed E-state index contributed by atoms with van der Waals surface area (Å²) in [4.78, 5) is 27.3. The predicted molar refractivity (Wildman–Crippen MR) is 118 cm³/mol. The van der Waals surface area contributed by atoms with Gasteiger partial charge >= 0.3 is 0 Å². The lowest BCUT2D eigenvalue weighted by atomic mass is 10.0. The third-order valence-electron chi connectivity index (χ3n) is 5.08. The first-order chi connectivity index (χ1) is 14.2. The van der Waals surface area contributed by atoms with E-state index in [1.807, 2.05) is 61.5 Å². The highest BCUT2D eigenvalue weighted by atomic mass is 16.2. The number of anilines is 1. The molecule has 0 fully saturated rings. The van der Waals surface area contributed by atoms with Crippen LogP contribution in [0.5, 0.6) is 0 Å². The molecule has 29 heavy (non-hydrogen) atoms. The second-order valence-corrected chi connectivity index (χ2v) is 6.91. The van der Waals surface area contributed by atoms with Crippen molar-refractivity contribution in [1.82, 2.24) is 4.57 Å². The summed E-state index contributed by atoms with van der Waals surface area (Å²) in [6.07, 6.45) is 1.66. The molecule has 0 radical (unpaired) electrons. The highest BCUT2D eigenvalue weighted by Crippen LogP contribution is 2.20. The fraction of sp³-hybridized carbons (Fsp3) is 0.120. The molecule has 0 spiro atoms. The molecular weight excluding hydrogens is 360 g/mol. The predicted octanol–water partition coefficient (Wildman–Crippen LogP) is 4.72. The smallest absolute Gasteiger partial charge is 0.259 e. The molecule has 4 nitrogen and oxygen atoms in total. The zero-order valence-corrected chi connectivity index (χ0v) is 16.3. The Balaban J connectivity index is 1.69. The number of nitrogens with zero attached hydrogens (tertiary/aromatic N) is 2. The van der Waals surface area contributed by atoms with E-state index in [-0.39, 0.29) is 11.5 Å². The van der Waals surface area contributed by atoms with Crippen molar-refractivity contribution in [1.29, 1.82) is 0 Å². The SMILES string of the molecule is CCN(C(=O)c1ccc(=O)n(Cc2cccc3ccccc23)c1)c1ccccc1. The van der Waals surface area contributed by atoms with Crippen molar-refractivity contribution in [3.63, 3.8) is 0 Å². The van der Waals surface area contributed by atoms with Crippen LogP contribution in [0.15, 0.2) is 95.9 Å². The molecule has 0 aliphatic carbocycles. The molecule has 1 amide bonds. The average molecular weight is 382 g/mol. The first kappa shape index (κ1) is 18.7. The molecule has 0 N–H and O–H groups in total. The van der Waals surface area contributed by atoms with Crippen LogP contribution in [0, 0.1) is 0 Å². The van der Waals surface area contributed by atoms with Gasteiger partial charge < -0.3 is 9.47 Å². The summed E-state index contributed by atoms with van der Waals surface area (Å²) in [5.41, 5.74) is 2.25. The van der Waals surface area contributed by atoms with Gasteiger partial charge in [-0.1, -0.05) is 60.7 Å². The van der Waals surface area contributed by atoms with Crippen molar-refractivity contribution >= 4 is 22.4 Å². The van der Waals surface area contributed by atoms with Gasteiger partial charge in [0.05, 0.1) is 12.1 Å². The Bertz CT molecular complexity index is 1210. The molecule has 4 aromatic rings. The van der Waals surface area contributed by atoms with Gasteiger partial charge in [-0.3, -0.25) is 9.59 Å². The van der Waals surface area contributed by atoms with Crippen molar-refractivity contribution < 1.29 is 4.79 Å². The molecule has 0 aliphatic rings. The molecule has 0 saturated carbocycles. The molecule has 0 bridgehead atoms. The monoisotopic (exact) mass is 382 g/mol. The molecule has 3 aromatic carbocycles. The van der Waals surface area contributed by atoms with E-state index >= 15 is 0 Å². The second-order valence-electron chi connectivity index (χ2n) is 6.91. The largest absolute Gasteiger partial charge is 0.310 e. The Morgan fingerprint density at radius 1 is 0.862 bits per heavy atom. The van der Waals surface area contributed by atoms with Gasteiger partial charge in [0.15, 0.2) is 0 Å². The summed E-state index contributed by atoms with van der Waals surface area (Å²) >= 11 is 0. The number of benzene rings is 3. The van der Waals surface area contributed by atoms with E-state index < -0.39 is 0 Å². The molecule has 4 rings (SSSR count). The van der Waals surface area contributed by atoms with E-state index in [0.29, 0.717) is 18.7 Å². The number of fused-ring (bicyclic) bond motifs is 1. The number of pyridine rings is 1. The van der Waals surface area contributed by atoms with Gasteiger partial charge in [0.1, 0.15) is 0 Å². The molecule has 0 atom stereocenters. The van der Waals surface area contributed by atoms with E-state index in [4.69, 9.17) is 0 Å². The molecule has 1 aromatic heterocycles. The molecule has 1 heterocycles. The maximum absolute atomic E-state index is 13.1. The lowest BCUT2D eigenvalue weighted by Crippen LogP contribution is -2.32. The minimum atomic E-state index is -0.128. The second kappa shape index (κ2) is 8.15. The van der Waals surface area contributed by atoms with Crippen LogP contribution in [0.4, 0.5) is 5.69 Å². The Hall–Kier alpha value is -3.66. The Morgan fingerprint density at radius 3 is 2.38 bits per heavy atom. The number of rotatable bonds is 5. The van der Waals surface area contributed by atoms with Crippen LogP contribution < -0.4 is 10.5 Å². The topological polar surface area (TPSA) is 42.3 Å². The van der Waals surface area contributed by atoms with Crippen molar-refractivity contribution in [2.45, 2.75) is 13.5 Å². The minimum absolute atomic E-state index is 0.120. The maximum atomic E-state index is 13.1. The molecule has 0 saturated heterocycles. The Labute approximate surface area is 169 Å². The quantitative estimate of drug-likeness (QED) is 0.501. The highest BCUT2D eigenvalue weighted by molar-refractivity contribution is 6.05. The fourth-order valence-electron chi connectivity index (χ4n) is 3.60. The van der Waals surface area contributed by atoms with Crippen LogP contribution in [0.25, 0.3) is 10.8 Å². The van der Waals surface area contributed by atoms with Gasteiger partial charge in [-0.05, 0) is 41.5 Å². The lowest BCUT2D eigenvalue weighted by molar-refractivity contribution is 0.0987. The van der Waals surface area contributed by atoms with Crippen LogP contribution >= 0.6 is 0 Å². The first-order valence-corrected chi connectivity index (χ1v) is 9.71. The number of hydrogen-bond donors (Lipinski definition) is 0. The average Bonchev–Trinajstić information content (AvgIpc) is 2.77. The van der Waals surface area contributed by atoms with Crippen LogP contribution in [-0.4, -0.2) is 17.0 Å². The zero-order valence-electron chi connectivity index (χ0n) is 16.3. The van der Waals surface area contributed by atoms with E-state index in [0.717, 1.165) is 22.0 Å². The zero-order chi connectivity index (χ0) is 20.2. The number of amides is 1. The number of aromatic nitrogens is 1. The lowest BCUT2D eigenvalue weighted by Gasteiger charge is -2.21. The van der Waals surface area contributed by atoms with E-state index in [9.17, 15) is 9.59 Å². The summed E-state index contributed by atoms with van der Waals surface area (Å²) in [7, 11) is 0. The maximum Gasteiger partial charge on any atom is 0.259 e. The minimum Gasteiger partial charge on any atom is -0.310 e. The van der Waals surface area contributed by atoms with Crippen molar-refractivity contribution in [3.8, 4) is 0 Å². The van der Waals surface area contributed by atoms with Gasteiger partial charge in [0.25, 0.3) is 11.5 Å². The Kier molecular flexibility index (Phi) is 5.25.